The molecule has 8 nitrogen and oxygen atoms in total. The van der Waals surface area contributed by atoms with Crippen LogP contribution in [0.1, 0.15) is 34.2 Å². The molecule has 4 rings (SSSR count). The van der Waals surface area contributed by atoms with Gasteiger partial charge in [-0.2, -0.15) is 0 Å². The lowest BCUT2D eigenvalue weighted by molar-refractivity contribution is -0.113. The number of carbonyl (C=O) groups is 2. The molecule has 38 heavy (non-hydrogen) atoms. The lowest BCUT2D eigenvalue weighted by Gasteiger charge is -2.10. The molecule has 0 radical (unpaired) electrons. The van der Waals surface area contributed by atoms with Gasteiger partial charge in [-0.3, -0.25) is 4.79 Å². The highest BCUT2D eigenvalue weighted by atomic mass is 35.5. The zero-order valence-corrected chi connectivity index (χ0v) is 23.8. The average Bonchev–Trinajstić information content (AvgIpc) is 3.51. The molecular formula is C27H27ClN4O4S2. The number of aryl methyl sites for hydroxylation is 2. The Morgan fingerprint density at radius 1 is 1.11 bits per heavy atom. The van der Waals surface area contributed by atoms with Crippen molar-refractivity contribution in [2.24, 2.45) is 0 Å². The maximum atomic E-state index is 12.9. The summed E-state index contributed by atoms with van der Waals surface area (Å²) < 4.78 is 12.7. The molecule has 0 aliphatic carbocycles. The second-order valence-electron chi connectivity index (χ2n) is 8.39. The zero-order valence-electron chi connectivity index (χ0n) is 21.4. The molecule has 1 N–H and O–H groups in total. The quantitative estimate of drug-likeness (QED) is 0.174. The number of nitrogens with one attached hydrogen (secondary N) is 1. The highest BCUT2D eigenvalue weighted by molar-refractivity contribution is 7.99. The molecule has 0 bridgehead atoms. The normalized spacial score (nSPS) is 10.9. The van der Waals surface area contributed by atoms with Crippen molar-refractivity contribution in [3.8, 4) is 16.9 Å². The van der Waals surface area contributed by atoms with Crippen LogP contribution in [0.3, 0.4) is 0 Å². The third-order valence-electron chi connectivity index (χ3n) is 5.74. The number of thiophene rings is 1. The number of anilines is 1. The summed E-state index contributed by atoms with van der Waals surface area (Å²) in [6, 6.07) is 13.1. The van der Waals surface area contributed by atoms with Gasteiger partial charge in [0.25, 0.3) is 0 Å². The van der Waals surface area contributed by atoms with Gasteiger partial charge in [-0.05, 0) is 56.2 Å². The third-order valence-corrected chi connectivity index (χ3v) is 7.85. The van der Waals surface area contributed by atoms with Crippen molar-refractivity contribution in [3.05, 3.63) is 75.4 Å². The molecule has 198 valence electrons. The summed E-state index contributed by atoms with van der Waals surface area (Å²) >= 11 is 8.48. The molecule has 2 aromatic carbocycles. The fourth-order valence-electron chi connectivity index (χ4n) is 3.80. The third kappa shape index (κ3) is 6.38. The van der Waals surface area contributed by atoms with Crippen molar-refractivity contribution in [3.63, 3.8) is 0 Å². The van der Waals surface area contributed by atoms with Gasteiger partial charge in [-0.1, -0.05) is 47.1 Å². The Bertz CT molecular complexity index is 1450. The molecule has 0 aliphatic heterocycles. The minimum Gasteiger partial charge on any atom is -0.486 e. The Labute approximate surface area is 234 Å². The number of amides is 1. The van der Waals surface area contributed by atoms with Gasteiger partial charge in [0.15, 0.2) is 11.0 Å². The van der Waals surface area contributed by atoms with E-state index in [-0.39, 0.29) is 18.3 Å². The number of thioether (sulfide) groups is 1. The van der Waals surface area contributed by atoms with E-state index >= 15 is 0 Å². The number of carbonyl (C=O) groups excluding carboxylic acids is 2. The Morgan fingerprint density at radius 3 is 2.58 bits per heavy atom. The topological polar surface area (TPSA) is 95.3 Å². The molecule has 11 heteroatoms. The minimum atomic E-state index is -0.499. The van der Waals surface area contributed by atoms with Crippen LogP contribution in [0.5, 0.6) is 5.75 Å². The van der Waals surface area contributed by atoms with Crippen molar-refractivity contribution >= 4 is 51.6 Å². The molecule has 1 amide bonds. The summed E-state index contributed by atoms with van der Waals surface area (Å²) in [4.78, 5) is 25.6. The van der Waals surface area contributed by atoms with Crippen LogP contribution >= 0.6 is 34.7 Å². The van der Waals surface area contributed by atoms with Crippen LogP contribution in [0.2, 0.25) is 5.02 Å². The maximum absolute atomic E-state index is 12.9. The largest absolute Gasteiger partial charge is 0.486 e. The number of nitrogens with zero attached hydrogens (tertiary/aromatic N) is 3. The second-order valence-corrected chi connectivity index (χ2v) is 10.6. The maximum Gasteiger partial charge on any atom is 0.341 e. The Morgan fingerprint density at radius 2 is 1.87 bits per heavy atom. The van der Waals surface area contributed by atoms with E-state index in [4.69, 9.17) is 21.1 Å². The van der Waals surface area contributed by atoms with Crippen molar-refractivity contribution < 1.29 is 19.1 Å². The molecule has 0 saturated carbocycles. The van der Waals surface area contributed by atoms with Crippen molar-refractivity contribution in [1.82, 2.24) is 14.8 Å². The monoisotopic (exact) mass is 570 g/mol. The van der Waals surface area contributed by atoms with E-state index in [1.54, 1.807) is 24.3 Å². The first-order chi connectivity index (χ1) is 18.3. The van der Waals surface area contributed by atoms with E-state index in [0.29, 0.717) is 38.9 Å². The van der Waals surface area contributed by atoms with E-state index in [9.17, 15) is 9.59 Å². The lowest BCUT2D eigenvalue weighted by atomic mass is 9.97. The SMILES string of the molecule is CCn1c(COc2ccc(Cl)cc2)nnc1SCC(=O)Nc1scc(-c2cc(C)ccc2C)c1C(=O)OC. The van der Waals surface area contributed by atoms with E-state index < -0.39 is 5.97 Å². The molecule has 0 fully saturated rings. The highest BCUT2D eigenvalue weighted by Gasteiger charge is 2.23. The molecule has 0 saturated heterocycles. The van der Waals surface area contributed by atoms with Crippen LogP contribution < -0.4 is 10.1 Å². The first kappa shape index (κ1) is 27.7. The number of aromatic nitrogens is 3. The first-order valence-corrected chi connectivity index (χ1v) is 14.1. The van der Waals surface area contributed by atoms with E-state index in [1.165, 1.54) is 30.2 Å². The van der Waals surface area contributed by atoms with Gasteiger partial charge in [-0.15, -0.1) is 21.5 Å². The second kappa shape index (κ2) is 12.5. The van der Waals surface area contributed by atoms with E-state index in [0.717, 1.165) is 22.3 Å². The smallest absolute Gasteiger partial charge is 0.341 e. The molecule has 2 aromatic heterocycles. The predicted octanol–water partition coefficient (Wildman–Crippen LogP) is 6.39. The van der Waals surface area contributed by atoms with Gasteiger partial charge >= 0.3 is 5.97 Å². The lowest BCUT2D eigenvalue weighted by Crippen LogP contribution is -2.16. The van der Waals surface area contributed by atoms with Crippen molar-refractivity contribution in [2.45, 2.75) is 39.1 Å². The average molecular weight is 571 g/mol. The van der Waals surface area contributed by atoms with Crippen LogP contribution in [-0.2, 0) is 22.7 Å². The zero-order chi connectivity index (χ0) is 27.2. The van der Waals surface area contributed by atoms with Crippen LogP contribution in [0, 0.1) is 13.8 Å². The molecule has 0 spiro atoms. The Hall–Kier alpha value is -3.34. The standard InChI is InChI=1S/C27H27ClN4O4S2/c1-5-32-22(13-36-19-10-8-18(28)9-11-19)30-31-27(32)38-15-23(33)29-25-24(26(34)35-4)21(14-37-25)20-12-16(2)6-7-17(20)3/h6-12,14H,5,13,15H2,1-4H3,(H,29,33). The van der Waals surface area contributed by atoms with E-state index in [1.807, 2.05) is 48.9 Å². The molecule has 2 heterocycles. The van der Waals surface area contributed by atoms with Gasteiger partial charge in [-0.25, -0.2) is 4.79 Å². The van der Waals surface area contributed by atoms with Gasteiger partial charge in [0.2, 0.25) is 5.91 Å². The number of ether oxygens (including phenoxy) is 2. The molecule has 0 atom stereocenters. The van der Waals surface area contributed by atoms with Crippen molar-refractivity contribution in [1.29, 1.82) is 0 Å². The first-order valence-electron chi connectivity index (χ1n) is 11.8. The van der Waals surface area contributed by atoms with Crippen molar-refractivity contribution in [2.75, 3.05) is 18.2 Å². The number of hydrogen-bond acceptors (Lipinski definition) is 8. The predicted molar refractivity (Wildman–Crippen MR) is 151 cm³/mol. The number of methoxy groups -OCH3 is 1. The number of halogens is 1. The fourth-order valence-corrected chi connectivity index (χ4v) is 5.71. The van der Waals surface area contributed by atoms with E-state index in [2.05, 4.69) is 15.5 Å². The summed E-state index contributed by atoms with van der Waals surface area (Å²) in [6.45, 7) is 6.81. The minimum absolute atomic E-state index is 0.0908. The van der Waals surface area contributed by atoms with Gasteiger partial charge in [0, 0.05) is 22.5 Å². The number of benzene rings is 2. The van der Waals surface area contributed by atoms with Gasteiger partial charge in [0.05, 0.1) is 12.9 Å². The molecule has 4 aromatic rings. The van der Waals surface area contributed by atoms with Gasteiger partial charge < -0.3 is 19.4 Å². The molecule has 0 aliphatic rings. The Balaban J connectivity index is 1.45. The van der Waals surface area contributed by atoms with Crippen LogP contribution in [-0.4, -0.2) is 39.5 Å². The van der Waals surface area contributed by atoms with Gasteiger partial charge in [0.1, 0.15) is 22.9 Å². The van der Waals surface area contributed by atoms with Crippen LogP contribution in [0.25, 0.3) is 11.1 Å². The summed E-state index contributed by atoms with van der Waals surface area (Å²) in [5, 5.41) is 14.9. The summed E-state index contributed by atoms with van der Waals surface area (Å²) in [6.07, 6.45) is 0. The van der Waals surface area contributed by atoms with Crippen LogP contribution in [0.15, 0.2) is 53.0 Å². The highest BCUT2D eigenvalue weighted by Crippen LogP contribution is 2.38. The molecule has 0 unspecified atom stereocenters. The fraction of sp³-hybridized carbons (Fsp3) is 0.259. The summed E-state index contributed by atoms with van der Waals surface area (Å²) in [5.74, 6) is 0.648. The number of hydrogen-bond donors (Lipinski definition) is 1. The summed E-state index contributed by atoms with van der Waals surface area (Å²) in [7, 11) is 1.33. The number of esters is 1. The summed E-state index contributed by atoms with van der Waals surface area (Å²) in [5.41, 5.74) is 4.13. The number of rotatable bonds is 10. The molecular weight excluding hydrogens is 544 g/mol. The van der Waals surface area contributed by atoms with Crippen LogP contribution in [0.4, 0.5) is 5.00 Å². The Kier molecular flexibility index (Phi) is 9.09.